The van der Waals surface area contributed by atoms with Gasteiger partial charge >= 0.3 is 0 Å². The molecule has 17 heavy (non-hydrogen) atoms. The second-order valence-corrected chi connectivity index (χ2v) is 5.37. The van der Waals surface area contributed by atoms with Crippen molar-refractivity contribution in [3.8, 4) is 0 Å². The monoisotopic (exact) mass is 235 g/mol. The minimum absolute atomic E-state index is 0.949. The molecule has 0 atom stereocenters. The van der Waals surface area contributed by atoms with Gasteiger partial charge in [0, 0.05) is 12.7 Å². The van der Waals surface area contributed by atoms with E-state index in [2.05, 4.69) is 23.4 Å². The molecule has 0 spiro atoms. The number of hydrogen-bond donors (Lipinski definition) is 0. The van der Waals surface area contributed by atoms with Crippen LogP contribution in [0.1, 0.15) is 64.0 Å². The van der Waals surface area contributed by atoms with E-state index in [1.54, 1.807) is 0 Å². The predicted octanol–water partition coefficient (Wildman–Crippen LogP) is 3.59. The highest BCUT2D eigenvalue weighted by atomic mass is 15.4. The van der Waals surface area contributed by atoms with Gasteiger partial charge in [0.25, 0.3) is 0 Å². The highest BCUT2D eigenvalue weighted by molar-refractivity contribution is 4.92. The first-order valence-electron chi connectivity index (χ1n) is 7.27. The quantitative estimate of drug-likeness (QED) is 0.754. The van der Waals surface area contributed by atoms with Gasteiger partial charge in [0.2, 0.25) is 0 Å². The van der Waals surface area contributed by atoms with Gasteiger partial charge < -0.3 is 0 Å². The van der Waals surface area contributed by atoms with Gasteiger partial charge in [-0.05, 0) is 25.2 Å². The van der Waals surface area contributed by atoms with E-state index >= 15 is 0 Å². The Labute approximate surface area is 105 Å². The van der Waals surface area contributed by atoms with Crippen molar-refractivity contribution in [1.82, 2.24) is 15.0 Å². The van der Waals surface area contributed by atoms with Crippen LogP contribution in [0.3, 0.4) is 0 Å². The second-order valence-electron chi connectivity index (χ2n) is 5.37. The van der Waals surface area contributed by atoms with Gasteiger partial charge in [-0.25, -0.2) is 0 Å². The zero-order valence-electron chi connectivity index (χ0n) is 11.1. The summed E-state index contributed by atoms with van der Waals surface area (Å²) < 4.78 is 2.00. The van der Waals surface area contributed by atoms with Crippen molar-refractivity contribution in [3.05, 3.63) is 11.9 Å². The van der Waals surface area contributed by atoms with E-state index < -0.39 is 0 Å². The molecule has 2 rings (SSSR count). The molecule has 0 N–H and O–H groups in total. The van der Waals surface area contributed by atoms with E-state index in [1.807, 2.05) is 4.68 Å². The van der Waals surface area contributed by atoms with Gasteiger partial charge in [0.05, 0.1) is 5.69 Å². The van der Waals surface area contributed by atoms with Crippen LogP contribution in [0.25, 0.3) is 0 Å². The fourth-order valence-electron chi connectivity index (χ4n) is 2.71. The number of aryl methyl sites for hydroxylation is 2. The molecule has 0 radical (unpaired) electrons. The molecule has 1 aliphatic rings. The van der Waals surface area contributed by atoms with Crippen molar-refractivity contribution in [2.24, 2.45) is 5.92 Å². The van der Waals surface area contributed by atoms with E-state index in [0.717, 1.165) is 18.9 Å². The summed E-state index contributed by atoms with van der Waals surface area (Å²) in [6.45, 7) is 3.23. The molecule has 1 aromatic heterocycles. The fourth-order valence-corrected chi connectivity index (χ4v) is 2.71. The van der Waals surface area contributed by atoms with Crippen LogP contribution in [0.15, 0.2) is 6.20 Å². The van der Waals surface area contributed by atoms with Crippen LogP contribution in [0.4, 0.5) is 0 Å². The average molecular weight is 235 g/mol. The summed E-state index contributed by atoms with van der Waals surface area (Å²) in [4.78, 5) is 0. The van der Waals surface area contributed by atoms with E-state index in [9.17, 15) is 0 Å². The van der Waals surface area contributed by atoms with Gasteiger partial charge in [-0.3, -0.25) is 4.68 Å². The Balaban J connectivity index is 1.72. The van der Waals surface area contributed by atoms with Gasteiger partial charge in [0.1, 0.15) is 0 Å². The topological polar surface area (TPSA) is 30.7 Å². The van der Waals surface area contributed by atoms with Crippen LogP contribution >= 0.6 is 0 Å². The number of nitrogens with zero attached hydrogens (tertiary/aromatic N) is 3. The summed E-state index contributed by atoms with van der Waals surface area (Å²) in [6.07, 6.45) is 14.2. The Morgan fingerprint density at radius 2 is 2.12 bits per heavy atom. The molecule has 0 amide bonds. The molecule has 0 unspecified atom stereocenters. The summed E-state index contributed by atoms with van der Waals surface area (Å²) >= 11 is 0. The minimum Gasteiger partial charge on any atom is -0.252 e. The lowest BCUT2D eigenvalue weighted by molar-refractivity contribution is 0.338. The van der Waals surface area contributed by atoms with Gasteiger partial charge in [-0.15, -0.1) is 5.10 Å². The Hall–Kier alpha value is -0.860. The molecule has 96 valence electrons. The van der Waals surface area contributed by atoms with Crippen LogP contribution in [0.2, 0.25) is 0 Å². The van der Waals surface area contributed by atoms with Crippen molar-refractivity contribution in [2.75, 3.05) is 0 Å². The van der Waals surface area contributed by atoms with Crippen molar-refractivity contribution in [2.45, 2.75) is 71.3 Å². The van der Waals surface area contributed by atoms with Gasteiger partial charge in [-0.2, -0.15) is 0 Å². The summed E-state index contributed by atoms with van der Waals surface area (Å²) in [7, 11) is 0. The minimum atomic E-state index is 0.949. The summed E-state index contributed by atoms with van der Waals surface area (Å²) in [6, 6.07) is 0. The molecule has 3 nitrogen and oxygen atoms in total. The van der Waals surface area contributed by atoms with Gasteiger partial charge in [0.15, 0.2) is 0 Å². The Bertz CT molecular complexity index is 313. The lowest BCUT2D eigenvalue weighted by atomic mass is 9.86. The third kappa shape index (κ3) is 4.14. The van der Waals surface area contributed by atoms with Crippen LogP contribution in [-0.2, 0) is 13.0 Å². The van der Waals surface area contributed by atoms with E-state index in [-0.39, 0.29) is 0 Å². The maximum absolute atomic E-state index is 4.27. The zero-order chi connectivity index (χ0) is 11.9. The third-order valence-corrected chi connectivity index (χ3v) is 3.86. The van der Waals surface area contributed by atoms with Gasteiger partial charge in [-0.1, -0.05) is 50.7 Å². The maximum Gasteiger partial charge on any atom is 0.0827 e. The highest BCUT2D eigenvalue weighted by Crippen LogP contribution is 2.27. The molecule has 1 aliphatic carbocycles. The molecule has 0 saturated heterocycles. The van der Waals surface area contributed by atoms with E-state index in [1.165, 1.54) is 57.1 Å². The lowest BCUT2D eigenvalue weighted by Crippen LogP contribution is -2.07. The molecule has 1 fully saturated rings. The molecule has 0 aliphatic heterocycles. The SMILES string of the molecule is CCCCn1cc(CCC2CCCCC2)nn1. The van der Waals surface area contributed by atoms with Crippen LogP contribution in [0, 0.1) is 5.92 Å². The molecule has 1 aromatic rings. The smallest absolute Gasteiger partial charge is 0.0827 e. The molecule has 0 aromatic carbocycles. The standard InChI is InChI=1S/C14H25N3/c1-2-3-11-17-12-14(15-16-17)10-9-13-7-5-4-6-8-13/h12-13H,2-11H2,1H3. The van der Waals surface area contributed by atoms with Crippen LogP contribution < -0.4 is 0 Å². The summed E-state index contributed by atoms with van der Waals surface area (Å²) in [5, 5.41) is 8.45. The largest absolute Gasteiger partial charge is 0.252 e. The van der Waals surface area contributed by atoms with Crippen molar-refractivity contribution >= 4 is 0 Å². The maximum atomic E-state index is 4.27. The fraction of sp³-hybridized carbons (Fsp3) is 0.857. The summed E-state index contributed by atoms with van der Waals surface area (Å²) in [5.74, 6) is 0.949. The summed E-state index contributed by atoms with van der Waals surface area (Å²) in [5.41, 5.74) is 1.19. The Kier molecular flexibility index (Phi) is 5.02. The lowest BCUT2D eigenvalue weighted by Gasteiger charge is -2.20. The molecule has 0 bridgehead atoms. The first-order chi connectivity index (χ1) is 8.38. The molecule has 1 saturated carbocycles. The highest BCUT2D eigenvalue weighted by Gasteiger charge is 2.13. The number of hydrogen-bond acceptors (Lipinski definition) is 2. The zero-order valence-corrected chi connectivity index (χ0v) is 11.1. The first-order valence-corrected chi connectivity index (χ1v) is 7.27. The number of unbranched alkanes of at least 4 members (excludes halogenated alkanes) is 1. The Morgan fingerprint density at radius 3 is 2.88 bits per heavy atom. The van der Waals surface area contributed by atoms with Crippen molar-refractivity contribution in [3.63, 3.8) is 0 Å². The molecule has 1 heterocycles. The third-order valence-electron chi connectivity index (χ3n) is 3.86. The molecule has 3 heteroatoms. The van der Waals surface area contributed by atoms with Crippen molar-refractivity contribution in [1.29, 1.82) is 0 Å². The normalized spacial score (nSPS) is 17.5. The average Bonchev–Trinajstić information content (AvgIpc) is 2.83. The number of aromatic nitrogens is 3. The predicted molar refractivity (Wildman–Crippen MR) is 69.8 cm³/mol. The van der Waals surface area contributed by atoms with Crippen molar-refractivity contribution < 1.29 is 0 Å². The Morgan fingerprint density at radius 1 is 1.29 bits per heavy atom. The molecular formula is C14H25N3. The van der Waals surface area contributed by atoms with E-state index in [4.69, 9.17) is 0 Å². The first kappa shape index (κ1) is 12.6. The van der Waals surface area contributed by atoms with Crippen LogP contribution in [-0.4, -0.2) is 15.0 Å². The second kappa shape index (κ2) is 6.77. The van der Waals surface area contributed by atoms with Crippen LogP contribution in [0.5, 0.6) is 0 Å². The number of rotatable bonds is 6. The molecular weight excluding hydrogens is 210 g/mol. The van der Waals surface area contributed by atoms with E-state index in [0.29, 0.717) is 0 Å².